The largest absolute Gasteiger partial charge is 0.490 e. The van der Waals surface area contributed by atoms with E-state index < -0.39 is 0 Å². The molecule has 6 heteroatoms. The zero-order chi connectivity index (χ0) is 20.8. The molecule has 158 valence electrons. The Morgan fingerprint density at radius 3 is 2.67 bits per heavy atom. The van der Waals surface area contributed by atoms with Crippen LogP contribution >= 0.6 is 0 Å². The smallest absolute Gasteiger partial charge is 0.323 e. The first-order chi connectivity index (χ1) is 14.7. The zero-order valence-electron chi connectivity index (χ0n) is 17.6. The molecule has 1 aromatic heterocycles. The van der Waals surface area contributed by atoms with E-state index in [0.717, 1.165) is 37.4 Å². The maximum absolute atomic E-state index is 12.4. The molecule has 2 aromatic rings. The highest BCUT2D eigenvalue weighted by Crippen LogP contribution is 2.28. The normalized spacial score (nSPS) is 21.8. The summed E-state index contributed by atoms with van der Waals surface area (Å²) in [4.78, 5) is 14.2. The molecule has 1 aromatic carbocycles. The number of amides is 2. The van der Waals surface area contributed by atoms with Gasteiger partial charge < -0.3 is 9.64 Å². The van der Waals surface area contributed by atoms with Gasteiger partial charge in [0.05, 0.1) is 6.10 Å². The summed E-state index contributed by atoms with van der Waals surface area (Å²) < 4.78 is 6.24. The summed E-state index contributed by atoms with van der Waals surface area (Å²) in [6.07, 6.45) is 10.7. The maximum Gasteiger partial charge on any atom is 0.323 e. The standard InChI is InChI=1S/C24H30N4O2/c1-18-7-9-21(10-8-18)30-22-5-2-4-20(17-22)16-19-11-14-28(15-12-19)24(29)26-23-6-3-13-25-27-23/h2-6,13,16-18,21H,7-12,14-15H2,1H3,(H,26,27,29). The van der Waals surface area contributed by atoms with E-state index in [-0.39, 0.29) is 6.03 Å². The molecule has 1 aliphatic carbocycles. The summed E-state index contributed by atoms with van der Waals surface area (Å²) in [7, 11) is 0. The van der Waals surface area contributed by atoms with Gasteiger partial charge in [0.15, 0.2) is 5.82 Å². The fourth-order valence-electron chi connectivity index (χ4n) is 4.15. The van der Waals surface area contributed by atoms with Gasteiger partial charge in [-0.3, -0.25) is 5.32 Å². The molecule has 1 saturated carbocycles. The third-order valence-electron chi connectivity index (χ3n) is 5.99. The summed E-state index contributed by atoms with van der Waals surface area (Å²) in [5.41, 5.74) is 2.53. The van der Waals surface area contributed by atoms with E-state index in [2.05, 4.69) is 52.8 Å². The van der Waals surface area contributed by atoms with Crippen LogP contribution in [0.2, 0.25) is 0 Å². The summed E-state index contributed by atoms with van der Waals surface area (Å²) >= 11 is 0. The van der Waals surface area contributed by atoms with Crippen LogP contribution in [0.4, 0.5) is 10.6 Å². The minimum absolute atomic E-state index is 0.119. The van der Waals surface area contributed by atoms with Crippen molar-refractivity contribution in [3.05, 3.63) is 53.7 Å². The number of urea groups is 1. The van der Waals surface area contributed by atoms with E-state index in [1.807, 2.05) is 4.90 Å². The van der Waals surface area contributed by atoms with E-state index in [0.29, 0.717) is 25.0 Å². The Morgan fingerprint density at radius 2 is 1.93 bits per heavy atom. The molecule has 6 nitrogen and oxygen atoms in total. The van der Waals surface area contributed by atoms with Crippen molar-refractivity contribution >= 4 is 17.9 Å². The zero-order valence-corrected chi connectivity index (χ0v) is 17.6. The number of carbonyl (C=O) groups excluding carboxylic acids is 1. The van der Waals surface area contributed by atoms with E-state index in [1.54, 1.807) is 18.3 Å². The van der Waals surface area contributed by atoms with Gasteiger partial charge in [0.2, 0.25) is 0 Å². The van der Waals surface area contributed by atoms with E-state index in [4.69, 9.17) is 4.74 Å². The van der Waals surface area contributed by atoms with Gasteiger partial charge in [-0.05, 0) is 74.3 Å². The summed E-state index contributed by atoms with van der Waals surface area (Å²) in [5.74, 6) is 2.27. The lowest BCUT2D eigenvalue weighted by atomic mass is 9.89. The molecule has 1 saturated heterocycles. The molecule has 0 atom stereocenters. The molecular weight excluding hydrogens is 376 g/mol. The van der Waals surface area contributed by atoms with Crippen molar-refractivity contribution in [2.75, 3.05) is 18.4 Å². The molecule has 2 heterocycles. The van der Waals surface area contributed by atoms with Gasteiger partial charge in [0.25, 0.3) is 0 Å². The van der Waals surface area contributed by atoms with Crippen molar-refractivity contribution in [2.45, 2.75) is 51.6 Å². The SMILES string of the molecule is CC1CCC(Oc2cccc(C=C3CCN(C(=O)Nc4cccnn4)CC3)c2)CC1. The second-order valence-corrected chi connectivity index (χ2v) is 8.40. The number of rotatable bonds is 4. The number of piperidine rings is 1. The molecule has 0 unspecified atom stereocenters. The number of likely N-dealkylation sites (tertiary alicyclic amines) is 1. The Bertz CT molecular complexity index is 866. The summed E-state index contributed by atoms with van der Waals surface area (Å²) in [6, 6.07) is 11.8. The van der Waals surface area contributed by atoms with E-state index in [9.17, 15) is 4.79 Å². The number of benzene rings is 1. The minimum atomic E-state index is -0.119. The molecule has 2 fully saturated rings. The molecule has 1 aliphatic heterocycles. The first kappa shape index (κ1) is 20.4. The number of aromatic nitrogens is 2. The van der Waals surface area contributed by atoms with E-state index >= 15 is 0 Å². The molecule has 2 aliphatic rings. The Morgan fingerprint density at radius 1 is 1.13 bits per heavy atom. The van der Waals surface area contributed by atoms with Crippen LogP contribution in [0.1, 0.15) is 51.0 Å². The lowest BCUT2D eigenvalue weighted by Gasteiger charge is -2.28. The van der Waals surface area contributed by atoms with Gasteiger partial charge in [-0.1, -0.05) is 30.7 Å². The number of nitrogens with one attached hydrogen (secondary N) is 1. The summed E-state index contributed by atoms with van der Waals surface area (Å²) in [5, 5.41) is 10.5. The Labute approximate surface area is 178 Å². The fraction of sp³-hybridized carbons (Fsp3) is 0.458. The Balaban J connectivity index is 1.30. The van der Waals surface area contributed by atoms with Crippen LogP contribution in [0.25, 0.3) is 6.08 Å². The topological polar surface area (TPSA) is 67.3 Å². The molecular formula is C24H30N4O2. The van der Waals surface area contributed by atoms with Gasteiger partial charge in [-0.25, -0.2) is 4.79 Å². The first-order valence-electron chi connectivity index (χ1n) is 11.0. The third-order valence-corrected chi connectivity index (χ3v) is 5.99. The van der Waals surface area contributed by atoms with Crippen molar-refractivity contribution in [2.24, 2.45) is 5.92 Å². The molecule has 30 heavy (non-hydrogen) atoms. The molecule has 2 amide bonds. The van der Waals surface area contributed by atoms with Crippen LogP contribution < -0.4 is 10.1 Å². The lowest BCUT2D eigenvalue weighted by Crippen LogP contribution is -2.39. The predicted octanol–water partition coefficient (Wildman–Crippen LogP) is 5.15. The van der Waals surface area contributed by atoms with Crippen molar-refractivity contribution in [3.8, 4) is 5.75 Å². The highest BCUT2D eigenvalue weighted by Gasteiger charge is 2.21. The number of ether oxygens (including phenoxy) is 1. The van der Waals surface area contributed by atoms with Crippen LogP contribution in [0.5, 0.6) is 5.75 Å². The van der Waals surface area contributed by atoms with Gasteiger partial charge in [0, 0.05) is 19.3 Å². The quantitative estimate of drug-likeness (QED) is 0.763. The van der Waals surface area contributed by atoms with Gasteiger partial charge in [0.1, 0.15) is 5.75 Å². The highest BCUT2D eigenvalue weighted by atomic mass is 16.5. The number of anilines is 1. The second-order valence-electron chi connectivity index (χ2n) is 8.40. The molecule has 0 spiro atoms. The predicted molar refractivity (Wildman–Crippen MR) is 118 cm³/mol. The Kier molecular flexibility index (Phi) is 6.62. The fourth-order valence-corrected chi connectivity index (χ4v) is 4.15. The van der Waals surface area contributed by atoms with Gasteiger partial charge in [-0.2, -0.15) is 5.10 Å². The van der Waals surface area contributed by atoms with Crippen molar-refractivity contribution < 1.29 is 9.53 Å². The van der Waals surface area contributed by atoms with Crippen molar-refractivity contribution in [1.82, 2.24) is 15.1 Å². The average molecular weight is 407 g/mol. The Hall–Kier alpha value is -2.89. The number of hydrogen-bond donors (Lipinski definition) is 1. The van der Waals surface area contributed by atoms with Crippen LogP contribution in [-0.2, 0) is 0 Å². The lowest BCUT2D eigenvalue weighted by molar-refractivity contribution is 0.135. The van der Waals surface area contributed by atoms with Gasteiger partial charge >= 0.3 is 6.03 Å². The molecule has 0 bridgehead atoms. The number of hydrogen-bond acceptors (Lipinski definition) is 4. The van der Waals surface area contributed by atoms with Crippen LogP contribution in [0.15, 0.2) is 48.2 Å². The number of carbonyl (C=O) groups is 1. The molecule has 0 radical (unpaired) electrons. The average Bonchev–Trinajstić information content (AvgIpc) is 2.77. The highest BCUT2D eigenvalue weighted by molar-refractivity contribution is 5.88. The monoisotopic (exact) mass is 406 g/mol. The third kappa shape index (κ3) is 5.59. The second kappa shape index (κ2) is 9.74. The van der Waals surface area contributed by atoms with Crippen LogP contribution in [0, 0.1) is 5.92 Å². The van der Waals surface area contributed by atoms with Crippen molar-refractivity contribution in [1.29, 1.82) is 0 Å². The first-order valence-corrected chi connectivity index (χ1v) is 11.0. The number of nitrogens with zero attached hydrogens (tertiary/aromatic N) is 3. The van der Waals surface area contributed by atoms with Crippen molar-refractivity contribution in [3.63, 3.8) is 0 Å². The summed E-state index contributed by atoms with van der Waals surface area (Å²) in [6.45, 7) is 3.73. The minimum Gasteiger partial charge on any atom is -0.490 e. The van der Waals surface area contributed by atoms with E-state index in [1.165, 1.54) is 24.0 Å². The van der Waals surface area contributed by atoms with Crippen LogP contribution in [0.3, 0.4) is 0 Å². The van der Waals surface area contributed by atoms with Gasteiger partial charge in [-0.15, -0.1) is 5.10 Å². The maximum atomic E-state index is 12.4. The van der Waals surface area contributed by atoms with Crippen LogP contribution in [-0.4, -0.2) is 40.3 Å². The molecule has 1 N–H and O–H groups in total. The molecule has 4 rings (SSSR count).